The predicted octanol–water partition coefficient (Wildman–Crippen LogP) is 2.85. The number of benzene rings is 1. The molecular formula is C10H6BrClN2O. The second kappa shape index (κ2) is 4.16. The van der Waals surface area contributed by atoms with Crippen LogP contribution in [0.5, 0.6) is 0 Å². The number of rotatable bonds is 1. The Morgan fingerprint density at radius 2 is 2.00 bits per heavy atom. The zero-order chi connectivity index (χ0) is 10.8. The SMILES string of the molecule is O=c1ncc(-c2ccccc2Br)c(Cl)[nH]1. The summed E-state index contributed by atoms with van der Waals surface area (Å²) in [5, 5.41) is 0.293. The molecular weight excluding hydrogens is 279 g/mol. The first-order chi connectivity index (χ1) is 7.18. The lowest BCUT2D eigenvalue weighted by molar-refractivity contribution is 1.08. The van der Waals surface area contributed by atoms with Gasteiger partial charge in [0.2, 0.25) is 0 Å². The first-order valence-corrected chi connectivity index (χ1v) is 5.35. The van der Waals surface area contributed by atoms with Gasteiger partial charge in [-0.25, -0.2) is 9.78 Å². The second-order valence-corrected chi connectivity index (χ2v) is 4.13. The van der Waals surface area contributed by atoms with Crippen LogP contribution in [-0.2, 0) is 0 Å². The second-order valence-electron chi connectivity index (χ2n) is 2.90. The summed E-state index contributed by atoms with van der Waals surface area (Å²) in [7, 11) is 0. The van der Waals surface area contributed by atoms with Crippen LogP contribution in [0.3, 0.4) is 0 Å². The fraction of sp³-hybridized carbons (Fsp3) is 0. The molecule has 0 fully saturated rings. The minimum Gasteiger partial charge on any atom is -0.296 e. The van der Waals surface area contributed by atoms with Crippen LogP contribution >= 0.6 is 27.5 Å². The van der Waals surface area contributed by atoms with Crippen LogP contribution < -0.4 is 5.69 Å². The van der Waals surface area contributed by atoms with E-state index in [9.17, 15) is 4.79 Å². The van der Waals surface area contributed by atoms with Crippen molar-refractivity contribution in [1.82, 2.24) is 9.97 Å². The van der Waals surface area contributed by atoms with Crippen molar-refractivity contribution in [3.8, 4) is 11.1 Å². The Balaban J connectivity index is 2.65. The van der Waals surface area contributed by atoms with Crippen molar-refractivity contribution in [3.63, 3.8) is 0 Å². The predicted molar refractivity (Wildman–Crippen MR) is 63.0 cm³/mol. The molecule has 0 aliphatic heterocycles. The number of nitrogens with one attached hydrogen (secondary N) is 1. The van der Waals surface area contributed by atoms with Crippen LogP contribution in [0.15, 0.2) is 39.7 Å². The zero-order valence-electron chi connectivity index (χ0n) is 7.50. The fourth-order valence-corrected chi connectivity index (χ4v) is 1.97. The highest BCUT2D eigenvalue weighted by atomic mass is 79.9. The van der Waals surface area contributed by atoms with E-state index in [-0.39, 0.29) is 0 Å². The van der Waals surface area contributed by atoms with Gasteiger partial charge in [0.1, 0.15) is 5.15 Å². The van der Waals surface area contributed by atoms with E-state index < -0.39 is 5.69 Å². The van der Waals surface area contributed by atoms with Gasteiger partial charge in [-0.2, -0.15) is 0 Å². The van der Waals surface area contributed by atoms with Crippen molar-refractivity contribution >= 4 is 27.5 Å². The molecule has 0 radical (unpaired) electrons. The number of hydrogen-bond donors (Lipinski definition) is 1. The molecule has 0 saturated carbocycles. The average Bonchev–Trinajstić information content (AvgIpc) is 2.20. The fourth-order valence-electron chi connectivity index (χ4n) is 1.24. The normalized spacial score (nSPS) is 10.3. The molecule has 0 aliphatic carbocycles. The molecule has 0 atom stereocenters. The molecule has 1 aromatic carbocycles. The van der Waals surface area contributed by atoms with Gasteiger partial charge < -0.3 is 0 Å². The van der Waals surface area contributed by atoms with Gasteiger partial charge in [0.05, 0.1) is 0 Å². The summed E-state index contributed by atoms with van der Waals surface area (Å²) in [6.45, 7) is 0. The Morgan fingerprint density at radius 1 is 1.27 bits per heavy atom. The van der Waals surface area contributed by atoms with Gasteiger partial charge in [-0.15, -0.1) is 0 Å². The Hall–Kier alpha value is -1.13. The van der Waals surface area contributed by atoms with Crippen molar-refractivity contribution in [2.24, 2.45) is 0 Å². The van der Waals surface area contributed by atoms with Crippen LogP contribution in [0.25, 0.3) is 11.1 Å². The van der Waals surface area contributed by atoms with E-state index in [1.807, 2.05) is 24.3 Å². The Kier molecular flexibility index (Phi) is 2.88. The van der Waals surface area contributed by atoms with E-state index in [2.05, 4.69) is 25.9 Å². The molecule has 1 N–H and O–H groups in total. The third-order valence-corrected chi connectivity index (χ3v) is 2.92. The molecule has 0 unspecified atom stereocenters. The topological polar surface area (TPSA) is 45.8 Å². The first-order valence-electron chi connectivity index (χ1n) is 4.18. The number of nitrogens with zero attached hydrogens (tertiary/aromatic N) is 1. The molecule has 15 heavy (non-hydrogen) atoms. The Labute approximate surface area is 99.3 Å². The standard InChI is InChI=1S/C10H6BrClN2O/c11-8-4-2-1-3-6(8)7-5-13-10(15)14-9(7)12/h1-5H,(H,13,14,15). The lowest BCUT2D eigenvalue weighted by atomic mass is 10.1. The summed E-state index contributed by atoms with van der Waals surface area (Å²) in [6, 6.07) is 7.59. The van der Waals surface area contributed by atoms with Gasteiger partial charge in [-0.1, -0.05) is 45.7 Å². The summed E-state index contributed by atoms with van der Waals surface area (Å²) in [5.41, 5.74) is 1.14. The molecule has 76 valence electrons. The minimum absolute atomic E-state index is 0.293. The largest absolute Gasteiger partial charge is 0.346 e. The van der Waals surface area contributed by atoms with Gasteiger partial charge in [0, 0.05) is 21.8 Å². The van der Waals surface area contributed by atoms with Gasteiger partial charge in [-0.05, 0) is 6.07 Å². The van der Waals surface area contributed by atoms with Gasteiger partial charge in [0.15, 0.2) is 0 Å². The van der Waals surface area contributed by atoms with Crippen molar-refractivity contribution in [2.45, 2.75) is 0 Å². The van der Waals surface area contributed by atoms with Crippen molar-refractivity contribution < 1.29 is 0 Å². The maximum absolute atomic E-state index is 10.9. The number of hydrogen-bond acceptors (Lipinski definition) is 2. The smallest absolute Gasteiger partial charge is 0.296 e. The molecule has 2 rings (SSSR count). The Bertz CT molecular complexity index is 553. The van der Waals surface area contributed by atoms with Crippen LogP contribution in [-0.4, -0.2) is 9.97 Å². The van der Waals surface area contributed by atoms with E-state index in [4.69, 9.17) is 11.6 Å². The van der Waals surface area contributed by atoms with Crippen LogP contribution in [0.2, 0.25) is 5.15 Å². The lowest BCUT2D eigenvalue weighted by Crippen LogP contribution is -2.09. The highest BCUT2D eigenvalue weighted by molar-refractivity contribution is 9.10. The van der Waals surface area contributed by atoms with E-state index in [0.29, 0.717) is 10.7 Å². The highest BCUT2D eigenvalue weighted by Crippen LogP contribution is 2.30. The molecule has 5 heteroatoms. The van der Waals surface area contributed by atoms with Crippen molar-refractivity contribution in [1.29, 1.82) is 0 Å². The van der Waals surface area contributed by atoms with Crippen molar-refractivity contribution in [3.05, 3.63) is 50.6 Å². The van der Waals surface area contributed by atoms with E-state index in [1.54, 1.807) is 0 Å². The van der Waals surface area contributed by atoms with Crippen molar-refractivity contribution in [2.75, 3.05) is 0 Å². The van der Waals surface area contributed by atoms with Gasteiger partial charge in [-0.3, -0.25) is 4.98 Å². The number of halogens is 2. The molecule has 0 amide bonds. The molecule has 0 bridgehead atoms. The van der Waals surface area contributed by atoms with E-state index in [0.717, 1.165) is 10.0 Å². The molecule has 0 saturated heterocycles. The molecule has 0 spiro atoms. The third kappa shape index (κ3) is 2.11. The first kappa shape index (κ1) is 10.4. The monoisotopic (exact) mass is 284 g/mol. The number of aromatic amines is 1. The molecule has 1 heterocycles. The number of aromatic nitrogens is 2. The molecule has 2 aromatic rings. The van der Waals surface area contributed by atoms with Gasteiger partial charge >= 0.3 is 5.69 Å². The van der Waals surface area contributed by atoms with E-state index >= 15 is 0 Å². The maximum atomic E-state index is 10.9. The average molecular weight is 286 g/mol. The number of H-pyrrole nitrogens is 1. The summed E-state index contributed by atoms with van der Waals surface area (Å²) in [6.07, 6.45) is 1.46. The third-order valence-electron chi connectivity index (χ3n) is 1.93. The zero-order valence-corrected chi connectivity index (χ0v) is 9.84. The summed E-state index contributed by atoms with van der Waals surface area (Å²) < 4.78 is 0.903. The Morgan fingerprint density at radius 3 is 2.67 bits per heavy atom. The molecule has 0 aliphatic rings. The molecule has 3 nitrogen and oxygen atoms in total. The van der Waals surface area contributed by atoms with E-state index in [1.165, 1.54) is 6.20 Å². The van der Waals surface area contributed by atoms with Crippen LogP contribution in [0.1, 0.15) is 0 Å². The maximum Gasteiger partial charge on any atom is 0.346 e. The van der Waals surface area contributed by atoms with Crippen LogP contribution in [0.4, 0.5) is 0 Å². The summed E-state index contributed by atoms with van der Waals surface area (Å²) in [4.78, 5) is 17.0. The molecule has 1 aromatic heterocycles. The minimum atomic E-state index is -0.448. The summed E-state index contributed by atoms with van der Waals surface area (Å²) >= 11 is 9.33. The summed E-state index contributed by atoms with van der Waals surface area (Å²) in [5.74, 6) is 0. The quantitative estimate of drug-likeness (QED) is 0.819. The van der Waals surface area contributed by atoms with Crippen LogP contribution in [0, 0.1) is 0 Å². The lowest BCUT2D eigenvalue weighted by Gasteiger charge is -2.04. The highest BCUT2D eigenvalue weighted by Gasteiger charge is 2.07. The van der Waals surface area contributed by atoms with Gasteiger partial charge in [0.25, 0.3) is 0 Å².